The molecule has 13 heavy (non-hydrogen) atoms. The molecule has 0 saturated carbocycles. The molecule has 1 aliphatic heterocycles. The fourth-order valence-corrected chi connectivity index (χ4v) is 2.53. The van der Waals surface area contributed by atoms with Crippen molar-refractivity contribution in [3.63, 3.8) is 0 Å². The van der Waals surface area contributed by atoms with Gasteiger partial charge in [-0.3, -0.25) is 0 Å². The zero-order valence-electron chi connectivity index (χ0n) is 9.55. The summed E-state index contributed by atoms with van der Waals surface area (Å²) < 4.78 is 0. The summed E-state index contributed by atoms with van der Waals surface area (Å²) in [5.74, 6) is 0.958. The molecule has 0 aliphatic carbocycles. The highest BCUT2D eigenvalue weighted by atomic mass is 15.1. The topological polar surface area (TPSA) is 3.24 Å². The normalized spacial score (nSPS) is 32.5. The van der Waals surface area contributed by atoms with Gasteiger partial charge in [-0.15, -0.1) is 0 Å². The largest absolute Gasteiger partial charge is 0.303 e. The molecular weight excluding hydrogens is 158 g/mol. The van der Waals surface area contributed by atoms with E-state index in [2.05, 4.69) is 25.8 Å². The van der Waals surface area contributed by atoms with Crippen LogP contribution in [0.5, 0.6) is 0 Å². The van der Waals surface area contributed by atoms with Gasteiger partial charge in [0.15, 0.2) is 0 Å². The quantitative estimate of drug-likeness (QED) is 0.635. The van der Waals surface area contributed by atoms with Crippen molar-refractivity contribution in [2.45, 2.75) is 58.4 Å². The van der Waals surface area contributed by atoms with Crippen molar-refractivity contribution >= 4 is 0 Å². The Bertz CT molecular complexity index is 133. The molecule has 0 bridgehead atoms. The monoisotopic (exact) mass is 183 g/mol. The first-order valence-electron chi connectivity index (χ1n) is 5.98. The third-order valence-corrected chi connectivity index (χ3v) is 3.62. The first-order valence-corrected chi connectivity index (χ1v) is 5.98. The fraction of sp³-hybridized carbons (Fsp3) is 1.00. The maximum Gasteiger partial charge on any atom is 0.00897 e. The molecule has 0 aromatic carbocycles. The minimum Gasteiger partial charge on any atom is -0.303 e. The van der Waals surface area contributed by atoms with Crippen LogP contribution in [0.25, 0.3) is 0 Å². The highest BCUT2D eigenvalue weighted by molar-refractivity contribution is 4.74. The van der Waals surface area contributed by atoms with Crippen molar-refractivity contribution < 1.29 is 0 Å². The van der Waals surface area contributed by atoms with Gasteiger partial charge in [-0.25, -0.2) is 0 Å². The van der Waals surface area contributed by atoms with E-state index in [-0.39, 0.29) is 0 Å². The Labute approximate surface area is 83.5 Å². The fourth-order valence-electron chi connectivity index (χ4n) is 2.53. The lowest BCUT2D eigenvalue weighted by molar-refractivity contribution is 0.163. The van der Waals surface area contributed by atoms with Gasteiger partial charge in [-0.05, 0) is 32.2 Å². The van der Waals surface area contributed by atoms with Gasteiger partial charge in [0.1, 0.15) is 0 Å². The highest BCUT2D eigenvalue weighted by Gasteiger charge is 2.19. The summed E-state index contributed by atoms with van der Waals surface area (Å²) in [4.78, 5) is 2.59. The maximum atomic E-state index is 2.59. The summed E-state index contributed by atoms with van der Waals surface area (Å²) in [5.41, 5.74) is 0. The van der Waals surface area contributed by atoms with Crippen LogP contribution in [0, 0.1) is 5.92 Å². The van der Waals surface area contributed by atoms with Gasteiger partial charge >= 0.3 is 0 Å². The van der Waals surface area contributed by atoms with Crippen LogP contribution < -0.4 is 0 Å². The molecule has 0 spiro atoms. The number of nitrogens with zero attached hydrogens (tertiary/aromatic N) is 1. The molecule has 2 unspecified atom stereocenters. The van der Waals surface area contributed by atoms with Crippen molar-refractivity contribution in [3.05, 3.63) is 0 Å². The smallest absolute Gasteiger partial charge is 0.00897 e. The molecule has 0 aromatic heterocycles. The summed E-state index contributed by atoms with van der Waals surface area (Å²) in [5, 5.41) is 0. The summed E-state index contributed by atoms with van der Waals surface area (Å²) in [7, 11) is 2.31. The van der Waals surface area contributed by atoms with Crippen molar-refractivity contribution in [1.82, 2.24) is 4.90 Å². The molecule has 2 atom stereocenters. The van der Waals surface area contributed by atoms with E-state index in [0.717, 1.165) is 12.0 Å². The molecule has 1 fully saturated rings. The van der Waals surface area contributed by atoms with E-state index < -0.39 is 0 Å². The van der Waals surface area contributed by atoms with Crippen LogP contribution in [0.2, 0.25) is 0 Å². The van der Waals surface area contributed by atoms with Crippen LogP contribution in [0.4, 0.5) is 0 Å². The maximum absolute atomic E-state index is 2.59. The van der Waals surface area contributed by atoms with E-state index in [1.165, 1.54) is 45.1 Å². The van der Waals surface area contributed by atoms with E-state index in [9.17, 15) is 0 Å². The van der Waals surface area contributed by atoms with Crippen LogP contribution in [0.1, 0.15) is 52.4 Å². The molecule has 1 heterocycles. The number of rotatable bonds is 2. The van der Waals surface area contributed by atoms with Gasteiger partial charge in [0.05, 0.1) is 0 Å². The van der Waals surface area contributed by atoms with Crippen molar-refractivity contribution in [1.29, 1.82) is 0 Å². The number of hydrogen-bond donors (Lipinski definition) is 0. The van der Waals surface area contributed by atoms with Crippen molar-refractivity contribution in [2.24, 2.45) is 5.92 Å². The van der Waals surface area contributed by atoms with Gasteiger partial charge in [0.25, 0.3) is 0 Å². The average Bonchev–Trinajstić information content (AvgIpc) is 2.12. The SMILES string of the molecule is CCC1CCCCC(CC)N(C)C1. The van der Waals surface area contributed by atoms with Gasteiger partial charge in [-0.2, -0.15) is 0 Å². The van der Waals surface area contributed by atoms with Crippen LogP contribution in [-0.4, -0.2) is 24.5 Å². The molecule has 1 aliphatic rings. The van der Waals surface area contributed by atoms with Crippen molar-refractivity contribution in [2.75, 3.05) is 13.6 Å². The van der Waals surface area contributed by atoms with Crippen molar-refractivity contribution in [3.8, 4) is 0 Å². The number of likely N-dealkylation sites (tertiary alicyclic amines) is 1. The van der Waals surface area contributed by atoms with Crippen LogP contribution in [0.15, 0.2) is 0 Å². The molecule has 78 valence electrons. The van der Waals surface area contributed by atoms with Crippen LogP contribution >= 0.6 is 0 Å². The molecule has 0 radical (unpaired) electrons. The van der Waals surface area contributed by atoms with Gasteiger partial charge in [0.2, 0.25) is 0 Å². The second kappa shape index (κ2) is 5.64. The molecule has 1 saturated heterocycles. The average molecular weight is 183 g/mol. The molecule has 0 N–H and O–H groups in total. The Morgan fingerprint density at radius 2 is 1.77 bits per heavy atom. The predicted octanol–water partition coefficient (Wildman–Crippen LogP) is 3.30. The van der Waals surface area contributed by atoms with Crippen LogP contribution in [-0.2, 0) is 0 Å². The summed E-state index contributed by atoms with van der Waals surface area (Å²) in [6, 6.07) is 0.856. The lowest BCUT2D eigenvalue weighted by Gasteiger charge is -2.33. The first-order chi connectivity index (χ1) is 6.27. The van der Waals surface area contributed by atoms with E-state index >= 15 is 0 Å². The Morgan fingerprint density at radius 1 is 1.08 bits per heavy atom. The molecule has 1 rings (SSSR count). The first kappa shape index (κ1) is 11.0. The Kier molecular flexibility index (Phi) is 4.79. The molecule has 0 aromatic rings. The minimum atomic E-state index is 0.856. The predicted molar refractivity (Wildman–Crippen MR) is 59.0 cm³/mol. The lowest BCUT2D eigenvalue weighted by Crippen LogP contribution is -2.36. The molecule has 1 heteroatoms. The third-order valence-electron chi connectivity index (χ3n) is 3.62. The van der Waals surface area contributed by atoms with Crippen LogP contribution in [0.3, 0.4) is 0 Å². The summed E-state index contributed by atoms with van der Waals surface area (Å²) in [6.07, 6.45) is 8.47. The van der Waals surface area contributed by atoms with E-state index in [4.69, 9.17) is 0 Å². The minimum absolute atomic E-state index is 0.856. The van der Waals surface area contributed by atoms with E-state index in [1.807, 2.05) is 0 Å². The molecular formula is C12H25N. The molecule has 1 nitrogen and oxygen atoms in total. The lowest BCUT2D eigenvalue weighted by atomic mass is 9.92. The van der Waals surface area contributed by atoms with E-state index in [0.29, 0.717) is 0 Å². The molecule has 0 amide bonds. The third kappa shape index (κ3) is 3.30. The summed E-state index contributed by atoms with van der Waals surface area (Å²) in [6.45, 7) is 5.99. The summed E-state index contributed by atoms with van der Waals surface area (Å²) >= 11 is 0. The number of hydrogen-bond acceptors (Lipinski definition) is 1. The zero-order valence-corrected chi connectivity index (χ0v) is 9.55. The second-order valence-corrected chi connectivity index (χ2v) is 4.56. The zero-order chi connectivity index (χ0) is 9.68. The Hall–Kier alpha value is -0.0400. The van der Waals surface area contributed by atoms with E-state index in [1.54, 1.807) is 0 Å². The second-order valence-electron chi connectivity index (χ2n) is 4.56. The standard InChI is InChI=1S/C12H25N/c1-4-11-8-6-7-9-12(5-2)13(3)10-11/h11-12H,4-10H2,1-3H3. The van der Waals surface area contributed by atoms with Gasteiger partial charge in [0, 0.05) is 12.6 Å². The van der Waals surface area contributed by atoms with Gasteiger partial charge < -0.3 is 4.90 Å². The highest BCUT2D eigenvalue weighted by Crippen LogP contribution is 2.22. The Morgan fingerprint density at radius 3 is 2.38 bits per heavy atom. The Balaban J connectivity index is 2.44. The van der Waals surface area contributed by atoms with Gasteiger partial charge in [-0.1, -0.05) is 33.1 Å².